The normalized spacial score (nSPS) is 9.81. The Bertz CT molecular complexity index is 429. The summed E-state index contributed by atoms with van der Waals surface area (Å²) >= 11 is 0. The Hall–Kier alpha value is -2.24. The molecule has 1 amide bonds. The van der Waals surface area contributed by atoms with Gasteiger partial charge < -0.3 is 20.2 Å². The Morgan fingerprint density at radius 3 is 2.31 bits per heavy atom. The van der Waals surface area contributed by atoms with Crippen LogP contribution in [0.2, 0.25) is 0 Å². The van der Waals surface area contributed by atoms with Crippen molar-refractivity contribution < 1.29 is 24.9 Å². The Labute approximate surface area is 91.4 Å². The molecule has 0 aliphatic carbocycles. The fraction of sp³-hybridized carbons (Fsp3) is 0.200. The van der Waals surface area contributed by atoms with Gasteiger partial charge in [-0.1, -0.05) is 0 Å². The number of nitrogens with zero attached hydrogens (tertiary/aromatic N) is 1. The molecule has 0 aliphatic heterocycles. The van der Waals surface area contributed by atoms with Gasteiger partial charge in [0.05, 0.1) is 0 Å². The van der Waals surface area contributed by atoms with Crippen LogP contribution >= 0.6 is 0 Å². The number of carbonyl (C=O) groups excluding carboxylic acids is 1. The van der Waals surface area contributed by atoms with Crippen molar-refractivity contribution in [1.29, 1.82) is 0 Å². The number of aliphatic carboxylic acids is 1. The summed E-state index contributed by atoms with van der Waals surface area (Å²) < 4.78 is 0. The lowest BCUT2D eigenvalue weighted by Crippen LogP contribution is -2.33. The average molecular weight is 225 g/mol. The molecule has 6 nitrogen and oxygen atoms in total. The highest BCUT2D eigenvalue weighted by atomic mass is 16.4. The Kier molecular flexibility index (Phi) is 3.34. The number of phenolic OH excluding ortho intramolecular Hbond substituents is 2. The van der Waals surface area contributed by atoms with E-state index in [0.717, 1.165) is 11.0 Å². The monoisotopic (exact) mass is 225 g/mol. The lowest BCUT2D eigenvalue weighted by atomic mass is 10.2. The summed E-state index contributed by atoms with van der Waals surface area (Å²) in [6.07, 6.45) is 0. The van der Waals surface area contributed by atoms with Crippen LogP contribution in [0.4, 0.5) is 5.69 Å². The third kappa shape index (κ3) is 2.63. The van der Waals surface area contributed by atoms with Crippen molar-refractivity contribution in [2.24, 2.45) is 0 Å². The highest BCUT2D eigenvalue weighted by Gasteiger charge is 2.16. The predicted octanol–water partition coefficient (Wildman–Crippen LogP) is 0.535. The largest absolute Gasteiger partial charge is 0.504 e. The molecule has 1 aromatic rings. The summed E-state index contributed by atoms with van der Waals surface area (Å²) in [5.41, 5.74) is 0.213. The quantitative estimate of drug-likeness (QED) is 0.652. The first-order valence-corrected chi connectivity index (χ1v) is 4.43. The first kappa shape index (κ1) is 11.8. The van der Waals surface area contributed by atoms with E-state index >= 15 is 0 Å². The summed E-state index contributed by atoms with van der Waals surface area (Å²) in [7, 11) is 0. The molecule has 1 rings (SSSR count). The van der Waals surface area contributed by atoms with Crippen LogP contribution in [-0.4, -0.2) is 33.7 Å². The molecule has 0 radical (unpaired) electrons. The molecule has 0 fully saturated rings. The van der Waals surface area contributed by atoms with Crippen molar-refractivity contribution in [3.05, 3.63) is 18.2 Å². The third-order valence-electron chi connectivity index (χ3n) is 1.94. The molecule has 0 unspecified atom stereocenters. The van der Waals surface area contributed by atoms with Gasteiger partial charge in [0.1, 0.15) is 6.54 Å². The summed E-state index contributed by atoms with van der Waals surface area (Å²) in [6.45, 7) is 0.715. The topological polar surface area (TPSA) is 98.1 Å². The van der Waals surface area contributed by atoms with Crippen LogP contribution in [0.3, 0.4) is 0 Å². The highest BCUT2D eigenvalue weighted by Crippen LogP contribution is 2.29. The first-order valence-electron chi connectivity index (χ1n) is 4.43. The number of anilines is 1. The maximum Gasteiger partial charge on any atom is 0.323 e. The second kappa shape index (κ2) is 4.52. The molecule has 0 atom stereocenters. The number of hydrogen-bond acceptors (Lipinski definition) is 4. The number of carboxylic acids is 1. The van der Waals surface area contributed by atoms with Crippen LogP contribution < -0.4 is 4.90 Å². The Balaban J connectivity index is 3.06. The number of phenols is 2. The first-order chi connectivity index (χ1) is 7.41. The van der Waals surface area contributed by atoms with E-state index in [1.165, 1.54) is 19.1 Å². The van der Waals surface area contributed by atoms with Gasteiger partial charge in [0.15, 0.2) is 11.5 Å². The number of carboxylic acid groups (broad SMARTS) is 1. The van der Waals surface area contributed by atoms with Gasteiger partial charge in [-0.25, -0.2) is 0 Å². The minimum atomic E-state index is -1.16. The van der Waals surface area contributed by atoms with Crippen molar-refractivity contribution in [2.75, 3.05) is 11.4 Å². The van der Waals surface area contributed by atoms with Crippen LogP contribution in [0.1, 0.15) is 6.92 Å². The fourth-order valence-electron chi connectivity index (χ4n) is 1.20. The van der Waals surface area contributed by atoms with Crippen molar-refractivity contribution in [3.63, 3.8) is 0 Å². The second-order valence-electron chi connectivity index (χ2n) is 3.17. The summed E-state index contributed by atoms with van der Waals surface area (Å²) in [5.74, 6) is -2.37. The second-order valence-corrected chi connectivity index (χ2v) is 3.17. The SMILES string of the molecule is CC(=O)N(CC(=O)O)c1ccc(O)c(O)c1. The maximum absolute atomic E-state index is 11.2. The van der Waals surface area contributed by atoms with E-state index in [9.17, 15) is 14.7 Å². The van der Waals surface area contributed by atoms with Gasteiger partial charge in [0.25, 0.3) is 0 Å². The highest BCUT2D eigenvalue weighted by molar-refractivity contribution is 5.96. The van der Waals surface area contributed by atoms with Crippen LogP contribution in [0.15, 0.2) is 18.2 Å². The molecular formula is C10H11NO5. The maximum atomic E-state index is 11.2. The molecule has 0 bridgehead atoms. The van der Waals surface area contributed by atoms with Gasteiger partial charge in [-0.2, -0.15) is 0 Å². The number of hydrogen-bond donors (Lipinski definition) is 3. The van der Waals surface area contributed by atoms with Crippen LogP contribution in [0.25, 0.3) is 0 Å². The van der Waals surface area contributed by atoms with Crippen molar-refractivity contribution >= 4 is 17.6 Å². The van der Waals surface area contributed by atoms with Crippen molar-refractivity contribution in [1.82, 2.24) is 0 Å². The minimum Gasteiger partial charge on any atom is -0.504 e. The van der Waals surface area contributed by atoms with E-state index in [1.54, 1.807) is 0 Å². The molecule has 1 aromatic carbocycles. The summed E-state index contributed by atoms with van der Waals surface area (Å²) in [4.78, 5) is 22.7. The molecule has 86 valence electrons. The molecule has 0 aromatic heterocycles. The molecule has 6 heteroatoms. The van der Waals surface area contributed by atoms with Gasteiger partial charge in [0, 0.05) is 18.7 Å². The average Bonchev–Trinajstić information content (AvgIpc) is 2.18. The molecular weight excluding hydrogens is 214 g/mol. The van der Waals surface area contributed by atoms with E-state index in [1.807, 2.05) is 0 Å². The number of amides is 1. The zero-order chi connectivity index (χ0) is 12.3. The number of aromatic hydroxyl groups is 2. The lowest BCUT2D eigenvalue weighted by molar-refractivity contribution is -0.136. The fourth-order valence-corrected chi connectivity index (χ4v) is 1.20. The van der Waals surface area contributed by atoms with Gasteiger partial charge >= 0.3 is 5.97 Å². The van der Waals surface area contributed by atoms with Crippen molar-refractivity contribution in [2.45, 2.75) is 6.92 Å². The molecule has 16 heavy (non-hydrogen) atoms. The van der Waals surface area contributed by atoms with E-state index < -0.39 is 24.2 Å². The third-order valence-corrected chi connectivity index (χ3v) is 1.94. The molecule has 0 heterocycles. The number of carbonyl (C=O) groups is 2. The van der Waals surface area contributed by atoms with Gasteiger partial charge in [-0.05, 0) is 12.1 Å². The van der Waals surface area contributed by atoms with Crippen LogP contribution in [-0.2, 0) is 9.59 Å². The minimum absolute atomic E-state index is 0.213. The number of benzene rings is 1. The molecule has 0 spiro atoms. The van der Waals surface area contributed by atoms with E-state index in [2.05, 4.69) is 0 Å². The molecule has 0 saturated carbocycles. The molecule has 0 aliphatic rings. The Morgan fingerprint density at radius 2 is 1.88 bits per heavy atom. The van der Waals surface area contributed by atoms with Gasteiger partial charge in [-0.15, -0.1) is 0 Å². The molecule has 0 saturated heterocycles. The predicted molar refractivity (Wildman–Crippen MR) is 55.4 cm³/mol. The van der Waals surface area contributed by atoms with Crippen LogP contribution in [0, 0.1) is 0 Å². The van der Waals surface area contributed by atoms with Crippen molar-refractivity contribution in [3.8, 4) is 11.5 Å². The standard InChI is InChI=1S/C10H11NO5/c1-6(12)11(5-10(15)16)7-2-3-8(13)9(14)4-7/h2-4,13-14H,5H2,1H3,(H,15,16). The lowest BCUT2D eigenvalue weighted by Gasteiger charge is -2.19. The van der Waals surface area contributed by atoms with E-state index in [4.69, 9.17) is 10.2 Å². The van der Waals surface area contributed by atoms with Crippen LogP contribution in [0.5, 0.6) is 11.5 Å². The smallest absolute Gasteiger partial charge is 0.323 e. The summed E-state index contributed by atoms with van der Waals surface area (Å²) in [6, 6.07) is 3.65. The van der Waals surface area contributed by atoms with E-state index in [0.29, 0.717) is 0 Å². The molecule has 3 N–H and O–H groups in total. The van der Waals surface area contributed by atoms with E-state index in [-0.39, 0.29) is 11.4 Å². The Morgan fingerprint density at radius 1 is 1.25 bits per heavy atom. The number of rotatable bonds is 3. The summed E-state index contributed by atoms with van der Waals surface area (Å²) in [5, 5.41) is 26.9. The zero-order valence-corrected chi connectivity index (χ0v) is 8.54. The van der Waals surface area contributed by atoms with Gasteiger partial charge in [-0.3, -0.25) is 9.59 Å². The zero-order valence-electron chi connectivity index (χ0n) is 8.54. The van der Waals surface area contributed by atoms with Gasteiger partial charge in [0.2, 0.25) is 5.91 Å².